The van der Waals surface area contributed by atoms with Crippen LogP contribution >= 0.6 is 24.0 Å². The molecule has 1 aromatic carbocycles. The van der Waals surface area contributed by atoms with Crippen LogP contribution in [0.15, 0.2) is 23.2 Å². The molecule has 27 heavy (non-hydrogen) atoms. The predicted molar refractivity (Wildman–Crippen MR) is 119 cm³/mol. The van der Waals surface area contributed by atoms with Crippen LogP contribution in [0.2, 0.25) is 0 Å². The molecule has 0 spiro atoms. The zero-order chi connectivity index (χ0) is 18.6. The molecule has 0 aliphatic carbocycles. The maximum Gasteiger partial charge on any atom is 0.195 e. The standard InChI is InChI=1S/C19H31N3O4.HI/c1-20-19(22-16-5-6-17(23-2)18(13-16)24-3)21-9-4-10-26-14-15-7-11-25-12-8-15;/h5-6,13,15H,4,7-12,14H2,1-3H3,(H2,20,21,22);1H. The third kappa shape index (κ3) is 8.52. The highest BCUT2D eigenvalue weighted by Gasteiger charge is 2.13. The van der Waals surface area contributed by atoms with Gasteiger partial charge in [0.2, 0.25) is 0 Å². The zero-order valence-electron chi connectivity index (χ0n) is 16.5. The first kappa shape index (κ1) is 23.8. The van der Waals surface area contributed by atoms with E-state index in [9.17, 15) is 0 Å². The Hall–Kier alpha value is -1.26. The number of nitrogens with one attached hydrogen (secondary N) is 2. The fourth-order valence-electron chi connectivity index (χ4n) is 2.77. The number of guanidine groups is 1. The summed E-state index contributed by atoms with van der Waals surface area (Å²) in [6.45, 7) is 4.11. The van der Waals surface area contributed by atoms with Crippen molar-refractivity contribution in [3.63, 3.8) is 0 Å². The quantitative estimate of drug-likeness (QED) is 0.239. The van der Waals surface area contributed by atoms with Crippen molar-refractivity contribution in [1.82, 2.24) is 5.32 Å². The molecule has 1 aliphatic rings. The molecular formula is C19H32IN3O4. The Morgan fingerprint density at radius 1 is 1.19 bits per heavy atom. The van der Waals surface area contributed by atoms with Gasteiger partial charge < -0.3 is 29.6 Å². The number of ether oxygens (including phenoxy) is 4. The highest BCUT2D eigenvalue weighted by atomic mass is 127. The molecule has 1 heterocycles. The minimum absolute atomic E-state index is 0. The molecular weight excluding hydrogens is 461 g/mol. The lowest BCUT2D eigenvalue weighted by Crippen LogP contribution is -2.32. The molecule has 1 aromatic rings. The number of aliphatic imine (C=N–C) groups is 1. The molecule has 0 aromatic heterocycles. The van der Waals surface area contributed by atoms with Crippen LogP contribution in [-0.2, 0) is 9.47 Å². The van der Waals surface area contributed by atoms with Gasteiger partial charge in [0.1, 0.15) is 0 Å². The normalized spacial score (nSPS) is 15.0. The van der Waals surface area contributed by atoms with Crippen molar-refractivity contribution >= 4 is 35.6 Å². The van der Waals surface area contributed by atoms with Crippen molar-refractivity contribution in [3.8, 4) is 11.5 Å². The molecule has 154 valence electrons. The third-order valence-corrected chi connectivity index (χ3v) is 4.32. The summed E-state index contributed by atoms with van der Waals surface area (Å²) < 4.78 is 21.7. The number of hydrogen-bond acceptors (Lipinski definition) is 5. The van der Waals surface area contributed by atoms with E-state index in [4.69, 9.17) is 18.9 Å². The van der Waals surface area contributed by atoms with Crippen LogP contribution in [0.3, 0.4) is 0 Å². The molecule has 2 rings (SSSR count). The van der Waals surface area contributed by atoms with Gasteiger partial charge in [-0.15, -0.1) is 24.0 Å². The monoisotopic (exact) mass is 493 g/mol. The number of anilines is 1. The zero-order valence-corrected chi connectivity index (χ0v) is 18.8. The van der Waals surface area contributed by atoms with Gasteiger partial charge in [0, 0.05) is 51.8 Å². The molecule has 1 aliphatic heterocycles. The summed E-state index contributed by atoms with van der Waals surface area (Å²) in [5.74, 6) is 2.73. The van der Waals surface area contributed by atoms with E-state index >= 15 is 0 Å². The molecule has 1 fully saturated rings. The maximum absolute atomic E-state index is 5.78. The van der Waals surface area contributed by atoms with Gasteiger partial charge in [0.05, 0.1) is 14.2 Å². The Balaban J connectivity index is 0.00000364. The molecule has 7 nitrogen and oxygen atoms in total. The average molecular weight is 493 g/mol. The number of benzene rings is 1. The summed E-state index contributed by atoms with van der Waals surface area (Å²) in [4.78, 5) is 4.24. The fraction of sp³-hybridized carbons (Fsp3) is 0.632. The lowest BCUT2D eigenvalue weighted by atomic mass is 10.0. The Morgan fingerprint density at radius 3 is 2.59 bits per heavy atom. The molecule has 2 N–H and O–H groups in total. The number of methoxy groups -OCH3 is 2. The van der Waals surface area contributed by atoms with Gasteiger partial charge in [-0.3, -0.25) is 4.99 Å². The molecule has 0 radical (unpaired) electrons. The minimum atomic E-state index is 0. The molecule has 1 saturated heterocycles. The van der Waals surface area contributed by atoms with E-state index < -0.39 is 0 Å². The Bertz CT molecular complexity index is 566. The topological polar surface area (TPSA) is 73.3 Å². The van der Waals surface area contributed by atoms with Gasteiger partial charge in [-0.2, -0.15) is 0 Å². The Morgan fingerprint density at radius 2 is 1.93 bits per heavy atom. The predicted octanol–water partition coefficient (Wildman–Crippen LogP) is 3.14. The van der Waals surface area contributed by atoms with E-state index in [1.54, 1.807) is 21.3 Å². The second-order valence-electron chi connectivity index (χ2n) is 6.18. The minimum Gasteiger partial charge on any atom is -0.493 e. The third-order valence-electron chi connectivity index (χ3n) is 4.32. The van der Waals surface area contributed by atoms with Crippen LogP contribution in [0.1, 0.15) is 19.3 Å². The molecule has 0 unspecified atom stereocenters. The van der Waals surface area contributed by atoms with Crippen molar-refractivity contribution in [2.24, 2.45) is 10.9 Å². The second-order valence-corrected chi connectivity index (χ2v) is 6.18. The van der Waals surface area contributed by atoms with E-state index in [0.29, 0.717) is 23.4 Å². The van der Waals surface area contributed by atoms with Crippen molar-refractivity contribution in [2.75, 3.05) is 59.6 Å². The summed E-state index contributed by atoms with van der Waals surface area (Å²) in [6, 6.07) is 5.66. The first-order chi connectivity index (χ1) is 12.8. The van der Waals surface area contributed by atoms with Crippen LogP contribution < -0.4 is 20.1 Å². The molecule has 0 atom stereocenters. The fourth-order valence-corrected chi connectivity index (χ4v) is 2.77. The lowest BCUT2D eigenvalue weighted by Gasteiger charge is -2.21. The van der Waals surface area contributed by atoms with Gasteiger partial charge in [0.25, 0.3) is 0 Å². The van der Waals surface area contributed by atoms with Gasteiger partial charge in [-0.05, 0) is 37.3 Å². The van der Waals surface area contributed by atoms with Crippen LogP contribution in [0.4, 0.5) is 5.69 Å². The number of hydrogen-bond donors (Lipinski definition) is 2. The van der Waals surface area contributed by atoms with Crippen molar-refractivity contribution in [3.05, 3.63) is 18.2 Å². The van der Waals surface area contributed by atoms with E-state index in [1.807, 2.05) is 18.2 Å². The van der Waals surface area contributed by atoms with Gasteiger partial charge in [-0.1, -0.05) is 0 Å². The van der Waals surface area contributed by atoms with Gasteiger partial charge >= 0.3 is 0 Å². The van der Waals surface area contributed by atoms with Crippen LogP contribution in [-0.4, -0.2) is 60.2 Å². The Labute approximate surface area is 179 Å². The summed E-state index contributed by atoms with van der Waals surface area (Å²) in [5.41, 5.74) is 0.881. The van der Waals surface area contributed by atoms with Gasteiger partial charge in [-0.25, -0.2) is 0 Å². The van der Waals surface area contributed by atoms with Crippen LogP contribution in [0.5, 0.6) is 11.5 Å². The average Bonchev–Trinajstić information content (AvgIpc) is 2.70. The maximum atomic E-state index is 5.78. The van der Waals surface area contributed by atoms with Crippen LogP contribution in [0.25, 0.3) is 0 Å². The van der Waals surface area contributed by atoms with E-state index in [2.05, 4.69) is 15.6 Å². The van der Waals surface area contributed by atoms with E-state index in [1.165, 1.54) is 0 Å². The highest BCUT2D eigenvalue weighted by molar-refractivity contribution is 14.0. The smallest absolute Gasteiger partial charge is 0.195 e. The molecule has 0 saturated carbocycles. The van der Waals surface area contributed by atoms with Gasteiger partial charge in [0.15, 0.2) is 17.5 Å². The van der Waals surface area contributed by atoms with E-state index in [-0.39, 0.29) is 24.0 Å². The SMILES string of the molecule is CN=C(NCCCOCC1CCOCC1)Nc1ccc(OC)c(OC)c1.I. The Kier molecular flexibility index (Phi) is 12.2. The number of nitrogens with zero attached hydrogens (tertiary/aromatic N) is 1. The second kappa shape index (κ2) is 13.8. The summed E-state index contributed by atoms with van der Waals surface area (Å²) in [7, 11) is 4.99. The lowest BCUT2D eigenvalue weighted by molar-refractivity contribution is 0.0203. The summed E-state index contributed by atoms with van der Waals surface area (Å²) in [5, 5.41) is 6.54. The van der Waals surface area contributed by atoms with Crippen molar-refractivity contribution in [2.45, 2.75) is 19.3 Å². The molecule has 0 bridgehead atoms. The first-order valence-corrected chi connectivity index (χ1v) is 9.12. The van der Waals surface area contributed by atoms with Crippen molar-refractivity contribution in [1.29, 1.82) is 0 Å². The summed E-state index contributed by atoms with van der Waals surface area (Å²) in [6.07, 6.45) is 3.15. The first-order valence-electron chi connectivity index (χ1n) is 9.12. The van der Waals surface area contributed by atoms with Crippen LogP contribution in [0, 0.1) is 5.92 Å². The van der Waals surface area contributed by atoms with E-state index in [0.717, 1.165) is 57.9 Å². The molecule has 0 amide bonds. The van der Waals surface area contributed by atoms with Crippen molar-refractivity contribution < 1.29 is 18.9 Å². The summed E-state index contributed by atoms with van der Waals surface area (Å²) >= 11 is 0. The number of rotatable bonds is 9. The molecule has 8 heteroatoms. The largest absolute Gasteiger partial charge is 0.493 e. The number of halogens is 1. The highest BCUT2D eigenvalue weighted by Crippen LogP contribution is 2.29.